The van der Waals surface area contributed by atoms with Crippen LogP contribution >= 0.6 is 11.3 Å². The van der Waals surface area contributed by atoms with Crippen molar-refractivity contribution in [2.75, 3.05) is 7.11 Å². The second kappa shape index (κ2) is 6.03. The highest BCUT2D eigenvalue weighted by molar-refractivity contribution is 7.10. The number of benzene rings is 1. The number of thiophene rings is 1. The van der Waals surface area contributed by atoms with Crippen LogP contribution in [0.2, 0.25) is 0 Å². The normalized spacial score (nSPS) is 12.4. The van der Waals surface area contributed by atoms with E-state index in [1.165, 1.54) is 12.0 Å². The molecule has 0 saturated heterocycles. The van der Waals surface area contributed by atoms with Crippen molar-refractivity contribution >= 4 is 11.3 Å². The molecule has 2 aromatic rings. The smallest absolute Gasteiger partial charge is 0.134 e. The molecule has 0 aliphatic heterocycles. The molecular weight excluding hydrogens is 242 g/mol. The van der Waals surface area contributed by atoms with Crippen LogP contribution in [0.5, 0.6) is 5.75 Å². The number of methoxy groups -OCH3 is 1. The predicted octanol–water partition coefficient (Wildman–Crippen LogP) is 3.76. The third kappa shape index (κ3) is 2.74. The SMILES string of the molecule is CCCc1ccc(C(N)c2sccc2OC)cc1. The highest BCUT2D eigenvalue weighted by Gasteiger charge is 2.15. The minimum absolute atomic E-state index is 0.101. The van der Waals surface area contributed by atoms with Gasteiger partial charge in [0.15, 0.2) is 0 Å². The average Bonchev–Trinajstić information content (AvgIpc) is 2.87. The van der Waals surface area contributed by atoms with Crippen molar-refractivity contribution in [1.82, 2.24) is 0 Å². The Hall–Kier alpha value is -1.32. The first kappa shape index (κ1) is 13.1. The number of ether oxygens (including phenoxy) is 1. The molecule has 0 fully saturated rings. The fraction of sp³-hybridized carbons (Fsp3) is 0.333. The van der Waals surface area contributed by atoms with E-state index >= 15 is 0 Å². The van der Waals surface area contributed by atoms with Crippen LogP contribution in [0.15, 0.2) is 35.7 Å². The lowest BCUT2D eigenvalue weighted by Crippen LogP contribution is -2.11. The molecule has 1 aromatic carbocycles. The van der Waals surface area contributed by atoms with Crippen LogP contribution in [0.4, 0.5) is 0 Å². The van der Waals surface area contributed by atoms with Crippen molar-refractivity contribution < 1.29 is 4.74 Å². The molecule has 2 nitrogen and oxygen atoms in total. The van der Waals surface area contributed by atoms with E-state index in [-0.39, 0.29) is 6.04 Å². The van der Waals surface area contributed by atoms with Gasteiger partial charge in [-0.25, -0.2) is 0 Å². The number of rotatable bonds is 5. The van der Waals surface area contributed by atoms with Crippen molar-refractivity contribution in [3.8, 4) is 5.75 Å². The molecule has 1 unspecified atom stereocenters. The van der Waals surface area contributed by atoms with Crippen LogP contribution in [0.3, 0.4) is 0 Å². The second-order valence-corrected chi connectivity index (χ2v) is 5.27. The lowest BCUT2D eigenvalue weighted by Gasteiger charge is -2.13. The van der Waals surface area contributed by atoms with Gasteiger partial charge in [-0.15, -0.1) is 11.3 Å². The van der Waals surface area contributed by atoms with E-state index in [0.717, 1.165) is 22.6 Å². The van der Waals surface area contributed by atoms with Gasteiger partial charge >= 0.3 is 0 Å². The molecule has 0 saturated carbocycles. The Morgan fingerprint density at radius 1 is 1.22 bits per heavy atom. The van der Waals surface area contributed by atoms with Gasteiger partial charge < -0.3 is 10.5 Å². The van der Waals surface area contributed by atoms with Crippen LogP contribution in [-0.2, 0) is 6.42 Å². The molecule has 3 heteroatoms. The first-order chi connectivity index (χ1) is 8.76. The Kier molecular flexibility index (Phi) is 4.39. The zero-order valence-corrected chi connectivity index (χ0v) is 11.7. The largest absolute Gasteiger partial charge is 0.496 e. The molecular formula is C15H19NOS. The highest BCUT2D eigenvalue weighted by atomic mass is 32.1. The summed E-state index contributed by atoms with van der Waals surface area (Å²) in [6, 6.07) is 10.4. The average molecular weight is 261 g/mol. The van der Waals surface area contributed by atoms with E-state index in [1.807, 2.05) is 11.4 Å². The summed E-state index contributed by atoms with van der Waals surface area (Å²) in [5.74, 6) is 0.880. The van der Waals surface area contributed by atoms with Gasteiger partial charge in [0.25, 0.3) is 0 Å². The third-order valence-corrected chi connectivity index (χ3v) is 4.02. The third-order valence-electron chi connectivity index (χ3n) is 3.04. The van der Waals surface area contributed by atoms with E-state index in [1.54, 1.807) is 18.4 Å². The lowest BCUT2D eigenvalue weighted by atomic mass is 10.0. The maximum absolute atomic E-state index is 6.29. The Morgan fingerprint density at radius 3 is 2.56 bits per heavy atom. The Labute approximate surface area is 112 Å². The van der Waals surface area contributed by atoms with Gasteiger partial charge in [-0.3, -0.25) is 0 Å². The minimum Gasteiger partial charge on any atom is -0.496 e. The van der Waals surface area contributed by atoms with Crippen LogP contribution in [0.25, 0.3) is 0 Å². The van der Waals surface area contributed by atoms with Crippen LogP contribution < -0.4 is 10.5 Å². The first-order valence-electron chi connectivity index (χ1n) is 6.22. The van der Waals surface area contributed by atoms with Crippen molar-refractivity contribution in [3.63, 3.8) is 0 Å². The molecule has 2 rings (SSSR count). The van der Waals surface area contributed by atoms with E-state index in [4.69, 9.17) is 10.5 Å². The lowest BCUT2D eigenvalue weighted by molar-refractivity contribution is 0.411. The van der Waals surface area contributed by atoms with Gasteiger partial charge in [0.2, 0.25) is 0 Å². The maximum atomic E-state index is 6.29. The number of hydrogen-bond acceptors (Lipinski definition) is 3. The van der Waals surface area contributed by atoms with Crippen molar-refractivity contribution in [2.24, 2.45) is 5.73 Å². The van der Waals surface area contributed by atoms with E-state index in [2.05, 4.69) is 31.2 Å². The Bertz CT molecular complexity index is 489. The fourth-order valence-electron chi connectivity index (χ4n) is 2.04. The van der Waals surface area contributed by atoms with Crippen molar-refractivity contribution in [2.45, 2.75) is 25.8 Å². The monoisotopic (exact) mass is 261 g/mol. The van der Waals surface area contributed by atoms with Gasteiger partial charge in [0.1, 0.15) is 5.75 Å². The van der Waals surface area contributed by atoms with Gasteiger partial charge in [-0.1, -0.05) is 37.6 Å². The number of hydrogen-bond donors (Lipinski definition) is 1. The fourth-order valence-corrected chi connectivity index (χ4v) is 2.92. The predicted molar refractivity (Wildman–Crippen MR) is 77.3 cm³/mol. The maximum Gasteiger partial charge on any atom is 0.134 e. The number of aryl methyl sites for hydroxylation is 1. The quantitative estimate of drug-likeness (QED) is 0.889. The molecule has 0 bridgehead atoms. The highest BCUT2D eigenvalue weighted by Crippen LogP contribution is 2.33. The molecule has 0 aliphatic rings. The molecule has 2 N–H and O–H groups in total. The summed E-state index contributed by atoms with van der Waals surface area (Å²) < 4.78 is 5.32. The van der Waals surface area contributed by atoms with Gasteiger partial charge in [0, 0.05) is 0 Å². The Balaban J connectivity index is 2.20. The standard InChI is InChI=1S/C15H19NOS/c1-3-4-11-5-7-12(8-6-11)14(16)15-13(17-2)9-10-18-15/h5-10,14H,3-4,16H2,1-2H3. The summed E-state index contributed by atoms with van der Waals surface area (Å²) in [6.07, 6.45) is 2.29. The summed E-state index contributed by atoms with van der Waals surface area (Å²) in [7, 11) is 1.68. The molecule has 96 valence electrons. The van der Waals surface area contributed by atoms with Gasteiger partial charge in [-0.2, -0.15) is 0 Å². The molecule has 1 atom stereocenters. The van der Waals surface area contributed by atoms with Crippen LogP contribution in [0.1, 0.15) is 35.4 Å². The minimum atomic E-state index is -0.101. The van der Waals surface area contributed by atoms with E-state index < -0.39 is 0 Å². The molecule has 0 radical (unpaired) electrons. The zero-order valence-electron chi connectivity index (χ0n) is 10.8. The summed E-state index contributed by atoms with van der Waals surface area (Å²) in [5, 5.41) is 2.01. The molecule has 0 spiro atoms. The van der Waals surface area contributed by atoms with E-state index in [0.29, 0.717) is 0 Å². The summed E-state index contributed by atoms with van der Waals surface area (Å²) in [4.78, 5) is 1.08. The summed E-state index contributed by atoms with van der Waals surface area (Å²) in [6.45, 7) is 2.19. The summed E-state index contributed by atoms with van der Waals surface area (Å²) in [5.41, 5.74) is 8.79. The second-order valence-electron chi connectivity index (χ2n) is 4.32. The Morgan fingerprint density at radius 2 is 1.94 bits per heavy atom. The summed E-state index contributed by atoms with van der Waals surface area (Å²) >= 11 is 1.64. The van der Waals surface area contributed by atoms with Gasteiger partial charge in [0.05, 0.1) is 18.0 Å². The van der Waals surface area contributed by atoms with Gasteiger partial charge in [-0.05, 0) is 29.0 Å². The van der Waals surface area contributed by atoms with Crippen LogP contribution in [-0.4, -0.2) is 7.11 Å². The molecule has 18 heavy (non-hydrogen) atoms. The van der Waals surface area contributed by atoms with Crippen molar-refractivity contribution in [3.05, 3.63) is 51.7 Å². The zero-order chi connectivity index (χ0) is 13.0. The molecule has 1 heterocycles. The molecule has 1 aromatic heterocycles. The van der Waals surface area contributed by atoms with Crippen molar-refractivity contribution in [1.29, 1.82) is 0 Å². The van der Waals surface area contributed by atoms with Crippen LogP contribution in [0, 0.1) is 0 Å². The molecule has 0 aliphatic carbocycles. The first-order valence-corrected chi connectivity index (χ1v) is 7.10. The topological polar surface area (TPSA) is 35.2 Å². The molecule has 0 amide bonds. The number of nitrogens with two attached hydrogens (primary N) is 1. The van der Waals surface area contributed by atoms with E-state index in [9.17, 15) is 0 Å².